The maximum atomic E-state index is 14.1. The summed E-state index contributed by atoms with van der Waals surface area (Å²) in [5.74, 6) is 0.406. The number of ether oxygens (including phenoxy) is 1. The third kappa shape index (κ3) is 4.75. The van der Waals surface area contributed by atoms with E-state index in [2.05, 4.69) is 24.5 Å². The van der Waals surface area contributed by atoms with Crippen LogP contribution in [0, 0.1) is 5.92 Å². The van der Waals surface area contributed by atoms with Crippen LogP contribution in [0.4, 0.5) is 5.69 Å². The summed E-state index contributed by atoms with van der Waals surface area (Å²) in [4.78, 5) is 41.8. The number of hydrogen-bond acceptors (Lipinski definition) is 4. The van der Waals surface area contributed by atoms with Gasteiger partial charge in [-0.15, -0.1) is 0 Å². The van der Waals surface area contributed by atoms with Gasteiger partial charge in [-0.1, -0.05) is 33.1 Å². The van der Waals surface area contributed by atoms with Crippen LogP contribution in [-0.4, -0.2) is 52.4 Å². The largest absolute Gasteiger partial charge is 0.497 e. The molecule has 8 nitrogen and oxygen atoms in total. The molecule has 0 radical (unpaired) electrons. The van der Waals surface area contributed by atoms with Crippen molar-refractivity contribution in [1.82, 2.24) is 14.8 Å². The zero-order valence-electron chi connectivity index (χ0n) is 21.6. The lowest BCUT2D eigenvalue weighted by molar-refractivity contribution is -0.133. The average molecular weight is 483 g/mol. The highest BCUT2D eigenvalue weighted by atomic mass is 16.5. The summed E-state index contributed by atoms with van der Waals surface area (Å²) in [5, 5.41) is 6.88. The number of nitrogens with zero attached hydrogens (tertiary/aromatic N) is 2. The summed E-state index contributed by atoms with van der Waals surface area (Å²) in [6, 6.07) is 5.70. The summed E-state index contributed by atoms with van der Waals surface area (Å²) in [5.41, 5.74) is 0.629. The molecule has 1 atom stereocenters. The number of aromatic nitrogens is 1. The maximum absolute atomic E-state index is 14.1. The lowest BCUT2D eigenvalue weighted by Gasteiger charge is -2.45. The third-order valence-corrected chi connectivity index (χ3v) is 7.44. The molecule has 3 amide bonds. The lowest BCUT2D eigenvalue weighted by atomic mass is 9.91. The van der Waals surface area contributed by atoms with Crippen molar-refractivity contribution in [3.63, 3.8) is 0 Å². The zero-order chi connectivity index (χ0) is 25.3. The van der Waals surface area contributed by atoms with Crippen molar-refractivity contribution in [2.45, 2.75) is 84.3 Å². The number of benzene rings is 1. The minimum atomic E-state index is -1.05. The number of nitrogens with one attached hydrogen (secondary N) is 2. The van der Waals surface area contributed by atoms with Crippen molar-refractivity contribution < 1.29 is 19.1 Å². The van der Waals surface area contributed by atoms with Gasteiger partial charge in [-0.25, -0.2) is 0 Å². The van der Waals surface area contributed by atoms with Crippen LogP contribution in [0.15, 0.2) is 18.2 Å². The van der Waals surface area contributed by atoms with E-state index >= 15 is 0 Å². The van der Waals surface area contributed by atoms with E-state index in [9.17, 15) is 14.4 Å². The van der Waals surface area contributed by atoms with Gasteiger partial charge in [0.25, 0.3) is 5.91 Å². The molecule has 1 aromatic heterocycles. The molecule has 35 heavy (non-hydrogen) atoms. The Morgan fingerprint density at radius 2 is 1.91 bits per heavy atom. The van der Waals surface area contributed by atoms with E-state index in [-0.39, 0.29) is 23.8 Å². The number of amides is 3. The van der Waals surface area contributed by atoms with Gasteiger partial charge in [0.15, 0.2) is 0 Å². The standard InChI is InChI=1S/C27H38N4O4/c1-17(2)13-14-31-25(33)24-23(28-18(3)32)21-15-20(35-5)11-12-22(21)30(24)16-27(31,4)26(34)29-19-9-7-6-8-10-19/h11-12,15,17,19H,6-10,13-14,16H2,1-5H3,(H,28,32)(H,29,34). The van der Waals surface area contributed by atoms with Crippen molar-refractivity contribution in [3.8, 4) is 5.75 Å². The van der Waals surface area contributed by atoms with Crippen molar-refractivity contribution in [2.24, 2.45) is 5.92 Å². The number of carbonyl (C=O) groups is 3. The minimum Gasteiger partial charge on any atom is -0.497 e. The zero-order valence-corrected chi connectivity index (χ0v) is 21.6. The monoisotopic (exact) mass is 482 g/mol. The number of fused-ring (bicyclic) bond motifs is 3. The Hall–Kier alpha value is -3.03. The third-order valence-electron chi connectivity index (χ3n) is 7.44. The van der Waals surface area contributed by atoms with Crippen LogP contribution in [0.25, 0.3) is 10.9 Å². The van der Waals surface area contributed by atoms with E-state index in [1.807, 2.05) is 29.7 Å². The fourth-order valence-corrected chi connectivity index (χ4v) is 5.41. The van der Waals surface area contributed by atoms with Crippen LogP contribution in [0.3, 0.4) is 0 Å². The maximum Gasteiger partial charge on any atom is 0.273 e. The van der Waals surface area contributed by atoms with Gasteiger partial charge in [0, 0.05) is 24.9 Å². The molecule has 0 saturated heterocycles. The van der Waals surface area contributed by atoms with Crippen LogP contribution < -0.4 is 15.4 Å². The molecule has 2 aliphatic rings. The summed E-state index contributed by atoms with van der Waals surface area (Å²) >= 11 is 0. The Morgan fingerprint density at radius 3 is 2.54 bits per heavy atom. The number of carbonyl (C=O) groups excluding carboxylic acids is 3. The first kappa shape index (κ1) is 25.1. The Kier molecular flexibility index (Phi) is 7.10. The SMILES string of the molecule is COc1ccc2c(c1)c(NC(C)=O)c1n2CC(C)(C(=O)NC2CCCCC2)N(CCC(C)C)C1=O. The van der Waals surface area contributed by atoms with Crippen molar-refractivity contribution >= 4 is 34.3 Å². The van der Waals surface area contributed by atoms with E-state index in [0.29, 0.717) is 36.1 Å². The number of rotatable bonds is 7. The van der Waals surface area contributed by atoms with Crippen LogP contribution in [0.1, 0.15) is 76.7 Å². The van der Waals surface area contributed by atoms with Gasteiger partial charge >= 0.3 is 0 Å². The van der Waals surface area contributed by atoms with Crippen molar-refractivity contribution in [2.75, 3.05) is 19.0 Å². The minimum absolute atomic E-state index is 0.108. The van der Waals surface area contributed by atoms with Crippen molar-refractivity contribution in [3.05, 3.63) is 23.9 Å². The second-order valence-electron chi connectivity index (χ2n) is 10.6. The quantitative estimate of drug-likeness (QED) is 0.615. The van der Waals surface area contributed by atoms with Gasteiger partial charge in [0.2, 0.25) is 11.8 Å². The van der Waals surface area contributed by atoms with E-state index < -0.39 is 5.54 Å². The molecule has 1 aromatic carbocycles. The van der Waals surface area contributed by atoms with Gasteiger partial charge in [-0.3, -0.25) is 14.4 Å². The summed E-state index contributed by atoms with van der Waals surface area (Å²) in [7, 11) is 1.58. The molecule has 0 spiro atoms. The molecule has 1 fully saturated rings. The van der Waals surface area contributed by atoms with Gasteiger partial charge in [0.1, 0.15) is 17.0 Å². The van der Waals surface area contributed by atoms with E-state index in [4.69, 9.17) is 4.74 Å². The Morgan fingerprint density at radius 1 is 1.20 bits per heavy atom. The second-order valence-corrected chi connectivity index (χ2v) is 10.6. The Balaban J connectivity index is 1.82. The Labute approximate surface area is 207 Å². The molecular formula is C27H38N4O4. The molecule has 1 aliphatic heterocycles. The molecule has 1 unspecified atom stereocenters. The van der Waals surface area contributed by atoms with E-state index in [0.717, 1.165) is 43.0 Å². The lowest BCUT2D eigenvalue weighted by Crippen LogP contribution is -2.65. The molecule has 4 rings (SSSR count). The molecule has 2 N–H and O–H groups in total. The predicted molar refractivity (Wildman–Crippen MR) is 137 cm³/mol. The van der Waals surface area contributed by atoms with Crippen LogP contribution in [0.2, 0.25) is 0 Å². The molecule has 2 heterocycles. The van der Waals surface area contributed by atoms with Gasteiger partial charge < -0.3 is 24.8 Å². The fraction of sp³-hybridized carbons (Fsp3) is 0.593. The topological polar surface area (TPSA) is 92.7 Å². The predicted octanol–water partition coefficient (Wildman–Crippen LogP) is 4.32. The van der Waals surface area contributed by atoms with E-state index in [1.54, 1.807) is 12.0 Å². The summed E-state index contributed by atoms with van der Waals surface area (Å²) < 4.78 is 7.31. The first-order chi connectivity index (χ1) is 16.7. The normalized spacial score (nSPS) is 20.7. The molecule has 190 valence electrons. The molecule has 1 saturated carbocycles. The summed E-state index contributed by atoms with van der Waals surface area (Å²) in [6.45, 7) is 8.31. The molecule has 8 heteroatoms. The Bertz CT molecular complexity index is 1130. The number of methoxy groups -OCH3 is 1. The van der Waals surface area contributed by atoms with Crippen LogP contribution in [-0.2, 0) is 16.1 Å². The van der Waals surface area contributed by atoms with Crippen molar-refractivity contribution in [1.29, 1.82) is 0 Å². The average Bonchev–Trinajstić information content (AvgIpc) is 3.11. The number of hydrogen-bond donors (Lipinski definition) is 2. The first-order valence-electron chi connectivity index (χ1n) is 12.8. The van der Waals surface area contributed by atoms with E-state index in [1.165, 1.54) is 13.3 Å². The smallest absolute Gasteiger partial charge is 0.273 e. The summed E-state index contributed by atoms with van der Waals surface area (Å²) in [6.07, 6.45) is 6.17. The highest BCUT2D eigenvalue weighted by Gasteiger charge is 2.49. The second kappa shape index (κ2) is 9.91. The molecule has 1 aliphatic carbocycles. The first-order valence-corrected chi connectivity index (χ1v) is 12.8. The van der Waals surface area contributed by atoms with Gasteiger partial charge in [-0.2, -0.15) is 0 Å². The number of anilines is 1. The van der Waals surface area contributed by atoms with Gasteiger partial charge in [0.05, 0.1) is 24.9 Å². The van der Waals surface area contributed by atoms with Crippen LogP contribution >= 0.6 is 0 Å². The fourth-order valence-electron chi connectivity index (χ4n) is 5.41. The highest BCUT2D eigenvalue weighted by molar-refractivity contribution is 6.14. The van der Waals surface area contributed by atoms with Gasteiger partial charge in [-0.05, 0) is 50.3 Å². The highest BCUT2D eigenvalue weighted by Crippen LogP contribution is 2.40. The molecular weight excluding hydrogens is 444 g/mol. The molecule has 0 bridgehead atoms. The van der Waals surface area contributed by atoms with Crippen LogP contribution in [0.5, 0.6) is 5.75 Å². The molecule has 2 aromatic rings.